The number of rotatable bonds is 6. The average molecular weight is 406 g/mol. The highest BCUT2D eigenvalue weighted by molar-refractivity contribution is 7.14. The van der Waals surface area contributed by atoms with Gasteiger partial charge in [0.1, 0.15) is 18.2 Å². The van der Waals surface area contributed by atoms with Crippen LogP contribution in [0.5, 0.6) is 17.2 Å². The van der Waals surface area contributed by atoms with Crippen molar-refractivity contribution in [2.24, 2.45) is 5.73 Å². The molecule has 148 valence electrons. The zero-order chi connectivity index (χ0) is 20.3. The van der Waals surface area contributed by atoms with Crippen molar-refractivity contribution in [3.63, 3.8) is 0 Å². The summed E-state index contributed by atoms with van der Waals surface area (Å²) in [6.07, 6.45) is -1.12. The molecule has 0 saturated carbocycles. The van der Waals surface area contributed by atoms with Crippen molar-refractivity contribution in [2.75, 3.05) is 25.6 Å². The molecule has 9 nitrogen and oxygen atoms in total. The zero-order valence-corrected chi connectivity index (χ0v) is 16.0. The van der Waals surface area contributed by atoms with Crippen LogP contribution in [0.2, 0.25) is 0 Å². The number of ether oxygens (including phenoxy) is 4. The van der Waals surface area contributed by atoms with Crippen molar-refractivity contribution in [2.45, 2.75) is 13.0 Å². The maximum absolute atomic E-state index is 12.5. The zero-order valence-electron chi connectivity index (χ0n) is 15.1. The molecule has 3 N–H and O–H groups in total. The van der Waals surface area contributed by atoms with E-state index in [-0.39, 0.29) is 11.1 Å². The number of methoxy groups -OCH3 is 1. The summed E-state index contributed by atoms with van der Waals surface area (Å²) in [5.41, 5.74) is 5.58. The molecule has 1 aliphatic heterocycles. The van der Waals surface area contributed by atoms with E-state index in [1.54, 1.807) is 5.38 Å². The second-order valence-electron chi connectivity index (χ2n) is 5.77. The first-order chi connectivity index (χ1) is 13.4. The smallest absolute Gasteiger partial charge is 0.339 e. The van der Waals surface area contributed by atoms with Crippen LogP contribution in [0.1, 0.15) is 27.6 Å². The lowest BCUT2D eigenvalue weighted by molar-refractivity contribution is -0.123. The summed E-state index contributed by atoms with van der Waals surface area (Å²) in [6.45, 7) is 2.14. The van der Waals surface area contributed by atoms with E-state index in [9.17, 15) is 14.4 Å². The highest BCUT2D eigenvalue weighted by atomic mass is 32.1. The number of hydrogen-bond donors (Lipinski definition) is 2. The SMILES string of the molecule is COc1cc(C(=O)OC(C)C(=O)Nc2sccc2C(N)=O)cc2c1OCCO2. The first-order valence-electron chi connectivity index (χ1n) is 8.27. The van der Waals surface area contributed by atoms with E-state index in [0.29, 0.717) is 35.5 Å². The molecule has 0 spiro atoms. The highest BCUT2D eigenvalue weighted by Crippen LogP contribution is 2.40. The Morgan fingerprint density at radius 1 is 1.25 bits per heavy atom. The van der Waals surface area contributed by atoms with Gasteiger partial charge < -0.3 is 30.0 Å². The Morgan fingerprint density at radius 3 is 2.71 bits per heavy atom. The third kappa shape index (κ3) is 4.01. The number of fused-ring (bicyclic) bond motifs is 1. The second kappa shape index (κ2) is 8.17. The molecule has 1 aliphatic rings. The van der Waals surface area contributed by atoms with Gasteiger partial charge >= 0.3 is 5.97 Å². The van der Waals surface area contributed by atoms with Gasteiger partial charge in [0.05, 0.1) is 18.2 Å². The van der Waals surface area contributed by atoms with Crippen molar-refractivity contribution in [1.82, 2.24) is 0 Å². The van der Waals surface area contributed by atoms with Crippen molar-refractivity contribution >= 4 is 34.1 Å². The molecule has 0 bridgehead atoms. The van der Waals surface area contributed by atoms with Gasteiger partial charge in [0.25, 0.3) is 11.8 Å². The summed E-state index contributed by atoms with van der Waals surface area (Å²) in [4.78, 5) is 36.1. The highest BCUT2D eigenvalue weighted by Gasteiger charge is 2.25. The Hall–Kier alpha value is -3.27. The largest absolute Gasteiger partial charge is 0.493 e. The number of thiophene rings is 1. The fraction of sp³-hybridized carbons (Fsp3) is 0.278. The van der Waals surface area contributed by atoms with E-state index in [4.69, 9.17) is 24.7 Å². The minimum absolute atomic E-state index is 0.148. The summed E-state index contributed by atoms with van der Waals surface area (Å²) in [5.74, 6) is -0.898. The average Bonchev–Trinajstić information content (AvgIpc) is 3.15. The van der Waals surface area contributed by atoms with Gasteiger partial charge in [-0.15, -0.1) is 11.3 Å². The number of nitrogens with two attached hydrogens (primary N) is 1. The predicted molar refractivity (Wildman–Crippen MR) is 100 cm³/mol. The predicted octanol–water partition coefficient (Wildman–Crippen LogP) is 1.81. The lowest BCUT2D eigenvalue weighted by Crippen LogP contribution is -2.30. The van der Waals surface area contributed by atoms with Gasteiger partial charge in [-0.25, -0.2) is 4.79 Å². The van der Waals surface area contributed by atoms with Gasteiger partial charge in [-0.3, -0.25) is 9.59 Å². The first-order valence-corrected chi connectivity index (χ1v) is 9.15. The van der Waals surface area contributed by atoms with Crippen LogP contribution in [0.15, 0.2) is 23.6 Å². The maximum atomic E-state index is 12.5. The Morgan fingerprint density at radius 2 is 2.00 bits per heavy atom. The van der Waals surface area contributed by atoms with Crippen LogP contribution in [-0.4, -0.2) is 44.2 Å². The molecule has 3 rings (SSSR count). The number of nitrogens with one attached hydrogen (secondary N) is 1. The number of amides is 2. The molecule has 0 fully saturated rings. The Balaban J connectivity index is 1.71. The van der Waals surface area contributed by atoms with Crippen LogP contribution in [-0.2, 0) is 9.53 Å². The van der Waals surface area contributed by atoms with E-state index in [1.165, 1.54) is 32.2 Å². The van der Waals surface area contributed by atoms with E-state index >= 15 is 0 Å². The summed E-state index contributed by atoms with van der Waals surface area (Å²) < 4.78 is 21.4. The Labute approximate surface area is 164 Å². The van der Waals surface area contributed by atoms with Crippen molar-refractivity contribution in [3.8, 4) is 17.2 Å². The fourth-order valence-electron chi connectivity index (χ4n) is 2.49. The normalized spacial score (nSPS) is 13.4. The molecule has 1 unspecified atom stereocenters. The number of hydrogen-bond acceptors (Lipinski definition) is 8. The third-order valence-corrected chi connectivity index (χ3v) is 4.71. The first kappa shape index (κ1) is 19.5. The standard InChI is InChI=1S/C18H18N2O7S/c1-9(16(22)20-17-11(15(19)21)3-6-28-17)27-18(23)10-7-12(24-2)14-13(8-10)25-4-5-26-14/h3,6-9H,4-5H2,1-2H3,(H2,19,21)(H,20,22). The van der Waals surface area contributed by atoms with Crippen LogP contribution in [0.4, 0.5) is 5.00 Å². The molecule has 2 amide bonds. The molecule has 2 aromatic rings. The van der Waals surface area contributed by atoms with E-state index in [2.05, 4.69) is 5.32 Å². The van der Waals surface area contributed by atoms with Crippen LogP contribution in [0.25, 0.3) is 0 Å². The molecule has 10 heteroatoms. The Bertz CT molecular complexity index is 907. The molecule has 1 atom stereocenters. The van der Waals surface area contributed by atoms with Crippen molar-refractivity contribution in [1.29, 1.82) is 0 Å². The molecular formula is C18H18N2O7S. The van der Waals surface area contributed by atoms with E-state index in [1.807, 2.05) is 0 Å². The number of esters is 1. The van der Waals surface area contributed by atoms with Crippen molar-refractivity contribution < 1.29 is 33.3 Å². The van der Waals surface area contributed by atoms with Crippen LogP contribution in [0.3, 0.4) is 0 Å². The number of primary amides is 1. The van der Waals surface area contributed by atoms with E-state index < -0.39 is 23.9 Å². The van der Waals surface area contributed by atoms with Gasteiger partial charge in [0.2, 0.25) is 5.75 Å². The monoisotopic (exact) mass is 406 g/mol. The summed E-state index contributed by atoms with van der Waals surface area (Å²) in [6, 6.07) is 4.42. The maximum Gasteiger partial charge on any atom is 0.339 e. The number of carbonyl (C=O) groups is 3. The van der Waals surface area contributed by atoms with Gasteiger partial charge in [-0.2, -0.15) is 0 Å². The number of anilines is 1. The summed E-state index contributed by atoms with van der Waals surface area (Å²) >= 11 is 1.14. The topological polar surface area (TPSA) is 126 Å². The second-order valence-corrected chi connectivity index (χ2v) is 6.68. The molecular weight excluding hydrogens is 388 g/mol. The lowest BCUT2D eigenvalue weighted by atomic mass is 10.1. The van der Waals surface area contributed by atoms with Gasteiger partial charge in [0, 0.05) is 0 Å². The number of carbonyl (C=O) groups excluding carboxylic acids is 3. The van der Waals surface area contributed by atoms with E-state index in [0.717, 1.165) is 11.3 Å². The summed E-state index contributed by atoms with van der Waals surface area (Å²) in [7, 11) is 1.44. The van der Waals surface area contributed by atoms with Crippen LogP contribution < -0.4 is 25.3 Å². The molecule has 0 radical (unpaired) electrons. The van der Waals surface area contributed by atoms with Crippen molar-refractivity contribution in [3.05, 3.63) is 34.7 Å². The molecule has 0 aliphatic carbocycles. The minimum atomic E-state index is -1.12. The molecule has 2 heterocycles. The summed E-state index contributed by atoms with van der Waals surface area (Å²) in [5, 5.41) is 4.44. The van der Waals surface area contributed by atoms with Crippen LogP contribution >= 0.6 is 11.3 Å². The van der Waals surface area contributed by atoms with Gasteiger partial charge in [-0.1, -0.05) is 0 Å². The molecule has 1 aromatic heterocycles. The van der Waals surface area contributed by atoms with Crippen LogP contribution in [0, 0.1) is 0 Å². The molecule has 28 heavy (non-hydrogen) atoms. The minimum Gasteiger partial charge on any atom is -0.493 e. The Kier molecular flexibility index (Phi) is 5.69. The third-order valence-electron chi connectivity index (χ3n) is 3.88. The quantitative estimate of drug-likeness (QED) is 0.701. The van der Waals surface area contributed by atoms with Gasteiger partial charge in [0.15, 0.2) is 17.6 Å². The molecule has 0 saturated heterocycles. The van der Waals surface area contributed by atoms with Gasteiger partial charge in [-0.05, 0) is 30.5 Å². The number of benzene rings is 1. The lowest BCUT2D eigenvalue weighted by Gasteiger charge is -2.21. The fourth-order valence-corrected chi connectivity index (χ4v) is 3.28. The molecule has 1 aromatic carbocycles.